The van der Waals surface area contributed by atoms with Gasteiger partial charge in [-0.15, -0.1) is 0 Å². The Morgan fingerprint density at radius 2 is 1.95 bits per heavy atom. The van der Waals surface area contributed by atoms with Crippen LogP contribution in [0.25, 0.3) is 27.9 Å². The zero-order valence-electron chi connectivity index (χ0n) is 33.7. The minimum absolute atomic E-state index is 0.00913. The zero-order valence-corrected chi connectivity index (χ0v) is 33.7. The second-order valence-corrected chi connectivity index (χ2v) is 16.8. The molecule has 6 atom stereocenters. The van der Waals surface area contributed by atoms with Gasteiger partial charge in [-0.25, -0.2) is 5.43 Å². The standard InChI is InChI=1S/C45H53N7O5/c1-7-51-37-18-15-28-22-31(37)32(41(51)30-12-10-20-47-40(30)27(3)56-6)24-45(4,5)25-57-44(55)35-14-11-21-52(50-35)43(54)36(23-29-16-17-33(28)48-29)49-42(53)39-26(2)38(39)34-13-8-9-19-46-34/h8-10,12-13,15,17-20,22,26-27,35-36,38-39,50H,7,11,14,16,21,23-25H2,1-6H3,(H,49,53)/t26-,27-,35-,36-,38+,39-/m0/s1. The van der Waals surface area contributed by atoms with Gasteiger partial charge in [-0.3, -0.25) is 34.4 Å². The van der Waals surface area contributed by atoms with Crippen LogP contribution >= 0.6 is 0 Å². The predicted octanol–water partition coefficient (Wildman–Crippen LogP) is 6.56. The maximum absolute atomic E-state index is 14.4. The van der Waals surface area contributed by atoms with Gasteiger partial charge in [0, 0.05) is 96.1 Å². The van der Waals surface area contributed by atoms with E-state index in [1.165, 1.54) is 5.01 Å². The van der Waals surface area contributed by atoms with E-state index in [1.807, 2.05) is 38.1 Å². The number of aliphatic imine (C=N–C) groups is 1. The number of pyridine rings is 2. The molecule has 2 amide bonds. The molecule has 4 aliphatic rings. The van der Waals surface area contributed by atoms with Gasteiger partial charge in [-0.05, 0) is 81.0 Å². The van der Waals surface area contributed by atoms with Crippen molar-refractivity contribution >= 4 is 40.1 Å². The Kier molecular flexibility index (Phi) is 10.6. The number of hydrogen-bond acceptors (Lipinski definition) is 9. The highest BCUT2D eigenvalue weighted by Crippen LogP contribution is 2.53. The van der Waals surface area contributed by atoms with Crippen molar-refractivity contribution in [1.82, 2.24) is 30.3 Å². The molecule has 6 heterocycles. The summed E-state index contributed by atoms with van der Waals surface area (Å²) in [5.74, 6) is -1.07. The van der Waals surface area contributed by atoms with Crippen molar-refractivity contribution in [2.45, 2.75) is 97.4 Å². The van der Waals surface area contributed by atoms with Crippen LogP contribution in [0.15, 0.2) is 72.0 Å². The fraction of sp³-hybridized carbons (Fsp3) is 0.467. The summed E-state index contributed by atoms with van der Waals surface area (Å²) in [7, 11) is 1.70. The molecule has 2 N–H and O–H groups in total. The van der Waals surface area contributed by atoms with E-state index >= 15 is 0 Å². The number of allylic oxidation sites excluding steroid dienone is 1. The Morgan fingerprint density at radius 1 is 1.12 bits per heavy atom. The lowest BCUT2D eigenvalue weighted by atomic mass is 9.84. The van der Waals surface area contributed by atoms with E-state index in [-0.39, 0.29) is 48.7 Å². The Balaban J connectivity index is 1.19. The number of aromatic nitrogens is 3. The van der Waals surface area contributed by atoms with Crippen LogP contribution in [-0.2, 0) is 36.8 Å². The van der Waals surface area contributed by atoms with Crippen molar-refractivity contribution in [2.24, 2.45) is 22.2 Å². The van der Waals surface area contributed by atoms with Crippen LogP contribution in [0.1, 0.15) is 94.8 Å². The Bertz CT molecular complexity index is 2260. The van der Waals surface area contributed by atoms with Crippen LogP contribution in [-0.4, -0.2) is 75.4 Å². The lowest BCUT2D eigenvalue weighted by molar-refractivity contribution is -0.155. The van der Waals surface area contributed by atoms with E-state index < -0.39 is 23.5 Å². The molecule has 0 radical (unpaired) electrons. The first kappa shape index (κ1) is 38.7. The molecule has 8 rings (SSSR count). The number of fused-ring (bicyclic) bond motifs is 5. The van der Waals surface area contributed by atoms with Crippen LogP contribution < -0.4 is 10.7 Å². The van der Waals surface area contributed by atoms with Crippen LogP contribution in [0.5, 0.6) is 0 Å². The number of hydrogen-bond donors (Lipinski definition) is 2. The minimum Gasteiger partial charge on any atom is -0.464 e. The molecule has 3 aliphatic heterocycles. The number of cyclic esters (lactones) is 1. The molecule has 298 valence electrons. The number of rotatable bonds is 7. The van der Waals surface area contributed by atoms with Crippen molar-refractivity contribution in [1.29, 1.82) is 0 Å². The minimum atomic E-state index is -0.875. The van der Waals surface area contributed by atoms with E-state index in [2.05, 4.69) is 71.4 Å². The second-order valence-electron chi connectivity index (χ2n) is 16.8. The summed E-state index contributed by atoms with van der Waals surface area (Å²) >= 11 is 0. The Labute approximate surface area is 334 Å². The van der Waals surface area contributed by atoms with Crippen LogP contribution in [0, 0.1) is 17.3 Å². The molecule has 2 fully saturated rings. The smallest absolute Gasteiger partial charge is 0.324 e. The molecule has 57 heavy (non-hydrogen) atoms. The third-order valence-corrected chi connectivity index (χ3v) is 12.2. The number of esters is 1. The van der Waals surface area contributed by atoms with Gasteiger partial charge in [-0.2, -0.15) is 0 Å². The van der Waals surface area contributed by atoms with Gasteiger partial charge in [0.25, 0.3) is 5.91 Å². The molecular weight excluding hydrogens is 719 g/mol. The third kappa shape index (κ3) is 7.52. The number of nitrogens with zero attached hydrogens (tertiary/aromatic N) is 5. The SMILES string of the molecule is CCn1c(-c2cccnc2[C@H](C)OC)c2c3cc(ccc31)C1=CCC(=N1)C[C@H](NC(=O)[C@H]1[C@@H](C)[C@@H]1c1ccccn1)C(=O)N1CCC[C@H](N1)C(=O)OCC(C)(C)C2. The Morgan fingerprint density at radius 3 is 2.72 bits per heavy atom. The van der Waals surface area contributed by atoms with Crippen LogP contribution in [0.4, 0.5) is 0 Å². The molecule has 12 heteroatoms. The first-order chi connectivity index (χ1) is 27.5. The lowest BCUT2D eigenvalue weighted by Crippen LogP contribution is -2.60. The van der Waals surface area contributed by atoms with E-state index in [9.17, 15) is 14.4 Å². The normalized spacial score (nSPS) is 25.3. The highest BCUT2D eigenvalue weighted by molar-refractivity contribution is 6.02. The quantitative estimate of drug-likeness (QED) is 0.202. The fourth-order valence-corrected chi connectivity index (χ4v) is 9.03. The van der Waals surface area contributed by atoms with Gasteiger partial charge in [0.15, 0.2) is 0 Å². The highest BCUT2D eigenvalue weighted by atomic mass is 16.5. The molecule has 4 aromatic rings. The number of carbonyl (C=O) groups excluding carboxylic acids is 3. The topological polar surface area (TPSA) is 140 Å². The van der Waals surface area contributed by atoms with E-state index in [0.29, 0.717) is 32.2 Å². The summed E-state index contributed by atoms with van der Waals surface area (Å²) in [6.07, 6.45) is 8.00. The zero-order chi connectivity index (χ0) is 40.0. The average Bonchev–Trinajstić information content (AvgIpc) is 3.52. The molecule has 3 aromatic heterocycles. The van der Waals surface area contributed by atoms with Gasteiger partial charge >= 0.3 is 5.97 Å². The van der Waals surface area contributed by atoms with E-state index in [0.717, 1.165) is 62.6 Å². The fourth-order valence-electron chi connectivity index (χ4n) is 9.03. The van der Waals surface area contributed by atoms with E-state index in [4.69, 9.17) is 19.5 Å². The molecule has 1 saturated carbocycles. The van der Waals surface area contributed by atoms with Crippen molar-refractivity contribution in [2.75, 3.05) is 20.3 Å². The molecular formula is C45H53N7O5. The van der Waals surface area contributed by atoms with Gasteiger partial charge in [0.1, 0.15) is 12.1 Å². The second kappa shape index (κ2) is 15.6. The molecule has 6 bridgehead atoms. The number of carbonyl (C=O) groups is 3. The van der Waals surface area contributed by atoms with Crippen LogP contribution in [0.3, 0.4) is 0 Å². The molecule has 0 spiro atoms. The summed E-state index contributed by atoms with van der Waals surface area (Å²) in [5, 5.41) is 5.72. The van der Waals surface area contributed by atoms with Gasteiger partial charge in [0.2, 0.25) is 5.91 Å². The number of ether oxygens (including phenoxy) is 2. The van der Waals surface area contributed by atoms with E-state index in [1.54, 1.807) is 19.5 Å². The maximum atomic E-state index is 14.4. The monoisotopic (exact) mass is 771 g/mol. The van der Waals surface area contributed by atoms with Crippen LogP contribution in [0.2, 0.25) is 0 Å². The van der Waals surface area contributed by atoms with Gasteiger partial charge in [-0.1, -0.05) is 39.0 Å². The number of methoxy groups -OCH3 is 1. The number of hydrazine groups is 1. The molecule has 1 aromatic carbocycles. The highest BCUT2D eigenvalue weighted by Gasteiger charge is 2.54. The summed E-state index contributed by atoms with van der Waals surface area (Å²) < 4.78 is 14.2. The first-order valence-electron chi connectivity index (χ1n) is 20.3. The number of amides is 2. The predicted molar refractivity (Wildman–Crippen MR) is 219 cm³/mol. The summed E-state index contributed by atoms with van der Waals surface area (Å²) in [6, 6.07) is 14.8. The summed E-state index contributed by atoms with van der Waals surface area (Å²) in [5.41, 5.74) is 11.4. The lowest BCUT2D eigenvalue weighted by Gasteiger charge is -2.35. The van der Waals surface area contributed by atoms with Gasteiger partial charge in [0.05, 0.1) is 29.8 Å². The first-order valence-corrected chi connectivity index (χ1v) is 20.3. The number of benzene rings is 1. The molecule has 1 aliphatic carbocycles. The summed E-state index contributed by atoms with van der Waals surface area (Å²) in [4.78, 5) is 56.4. The van der Waals surface area contributed by atoms with Crippen molar-refractivity contribution < 1.29 is 23.9 Å². The molecule has 1 saturated heterocycles. The average molecular weight is 772 g/mol. The van der Waals surface area contributed by atoms with Crippen molar-refractivity contribution in [3.05, 3.63) is 89.5 Å². The largest absolute Gasteiger partial charge is 0.464 e. The van der Waals surface area contributed by atoms with Gasteiger partial charge < -0.3 is 19.4 Å². The molecule has 0 unspecified atom stereocenters. The molecule has 12 nitrogen and oxygen atoms in total. The number of aryl methyl sites for hydroxylation is 1. The summed E-state index contributed by atoms with van der Waals surface area (Å²) in [6.45, 7) is 11.8. The third-order valence-electron chi connectivity index (χ3n) is 12.2. The van der Waals surface area contributed by atoms with Crippen molar-refractivity contribution in [3.63, 3.8) is 0 Å². The number of nitrogens with one attached hydrogen (secondary N) is 2. The maximum Gasteiger partial charge on any atom is 0.324 e. The van der Waals surface area contributed by atoms with Crippen molar-refractivity contribution in [3.8, 4) is 11.3 Å². The Hall–Kier alpha value is -5.20.